The molecule has 1 aliphatic rings. The van der Waals surface area contributed by atoms with Gasteiger partial charge in [0, 0.05) is 23.8 Å². The number of amides is 1. The zero-order chi connectivity index (χ0) is 23.4. The molecule has 0 aromatic heterocycles. The normalized spacial score (nSPS) is 13.7. The third-order valence-electron chi connectivity index (χ3n) is 5.25. The van der Waals surface area contributed by atoms with Gasteiger partial charge < -0.3 is 10.1 Å². The van der Waals surface area contributed by atoms with Crippen LogP contribution in [0, 0.1) is 0 Å². The predicted molar refractivity (Wildman–Crippen MR) is 125 cm³/mol. The predicted octanol–water partition coefficient (Wildman–Crippen LogP) is 3.88. The van der Waals surface area contributed by atoms with Gasteiger partial charge in [0.2, 0.25) is 10.0 Å². The average Bonchev–Trinajstić information content (AvgIpc) is 2.82. The minimum Gasteiger partial charge on any atom is -0.452 e. The number of halogens is 1. The van der Waals surface area contributed by atoms with Gasteiger partial charge in [-0.3, -0.25) is 4.79 Å². The SMILES string of the molecule is O=C(COC(=O)c1cccc(S(=O)(=O)N2CCc3ccccc3C2)c1)Nc1cccc(Cl)c1. The van der Waals surface area contributed by atoms with Gasteiger partial charge in [0.05, 0.1) is 10.5 Å². The summed E-state index contributed by atoms with van der Waals surface area (Å²) in [6.07, 6.45) is 0.624. The van der Waals surface area contributed by atoms with E-state index < -0.39 is 28.5 Å². The fourth-order valence-corrected chi connectivity index (χ4v) is 5.24. The molecule has 1 N–H and O–H groups in total. The fourth-order valence-electron chi connectivity index (χ4n) is 3.59. The number of rotatable bonds is 6. The number of fused-ring (bicyclic) bond motifs is 1. The Labute approximate surface area is 197 Å². The molecule has 170 valence electrons. The Morgan fingerprint density at radius 3 is 2.52 bits per heavy atom. The van der Waals surface area contributed by atoms with Gasteiger partial charge in [-0.2, -0.15) is 4.31 Å². The molecule has 0 saturated heterocycles. The monoisotopic (exact) mass is 484 g/mol. The van der Waals surface area contributed by atoms with Crippen LogP contribution in [0.2, 0.25) is 5.02 Å². The first-order valence-corrected chi connectivity index (χ1v) is 12.0. The van der Waals surface area contributed by atoms with Crippen molar-refractivity contribution in [1.29, 1.82) is 0 Å². The Kier molecular flexibility index (Phi) is 6.78. The van der Waals surface area contributed by atoms with Crippen LogP contribution in [-0.4, -0.2) is 37.8 Å². The molecule has 0 unspecified atom stereocenters. The van der Waals surface area contributed by atoms with Crippen molar-refractivity contribution in [1.82, 2.24) is 4.31 Å². The van der Waals surface area contributed by atoms with Gasteiger partial charge in [-0.15, -0.1) is 0 Å². The molecule has 0 atom stereocenters. The first-order chi connectivity index (χ1) is 15.8. The van der Waals surface area contributed by atoms with Crippen LogP contribution in [0.15, 0.2) is 77.7 Å². The molecule has 1 heterocycles. The van der Waals surface area contributed by atoms with E-state index in [9.17, 15) is 18.0 Å². The number of esters is 1. The van der Waals surface area contributed by atoms with Crippen LogP contribution in [0.1, 0.15) is 21.5 Å². The zero-order valence-electron chi connectivity index (χ0n) is 17.5. The molecule has 9 heteroatoms. The summed E-state index contributed by atoms with van der Waals surface area (Å²) in [4.78, 5) is 24.5. The number of benzene rings is 3. The number of anilines is 1. The third-order valence-corrected chi connectivity index (χ3v) is 7.32. The van der Waals surface area contributed by atoms with E-state index in [-0.39, 0.29) is 17.0 Å². The van der Waals surface area contributed by atoms with Crippen LogP contribution in [-0.2, 0) is 32.5 Å². The molecular formula is C24H21ClN2O5S. The number of hydrogen-bond donors (Lipinski definition) is 1. The molecule has 0 saturated carbocycles. The molecule has 0 fully saturated rings. The largest absolute Gasteiger partial charge is 0.452 e. The van der Waals surface area contributed by atoms with Crippen LogP contribution >= 0.6 is 11.6 Å². The Morgan fingerprint density at radius 2 is 1.73 bits per heavy atom. The molecule has 3 aromatic carbocycles. The van der Waals surface area contributed by atoms with Crippen molar-refractivity contribution in [2.45, 2.75) is 17.9 Å². The highest BCUT2D eigenvalue weighted by molar-refractivity contribution is 7.89. The second-order valence-electron chi connectivity index (χ2n) is 7.52. The van der Waals surface area contributed by atoms with Gasteiger partial charge in [0.15, 0.2) is 6.61 Å². The molecule has 3 aromatic rings. The van der Waals surface area contributed by atoms with E-state index in [0.717, 1.165) is 11.1 Å². The lowest BCUT2D eigenvalue weighted by atomic mass is 10.0. The highest BCUT2D eigenvalue weighted by Gasteiger charge is 2.28. The van der Waals surface area contributed by atoms with Crippen molar-refractivity contribution >= 4 is 39.2 Å². The standard InChI is InChI=1S/C24H21ClN2O5S/c25-20-8-4-9-21(14-20)26-23(28)16-32-24(29)18-7-3-10-22(13-18)33(30,31)27-12-11-17-5-1-2-6-19(17)15-27/h1-10,13-14H,11-12,15-16H2,(H,26,28). The molecule has 0 aliphatic carbocycles. The number of sulfonamides is 1. The summed E-state index contributed by atoms with van der Waals surface area (Å²) in [5.41, 5.74) is 2.62. The molecule has 1 aliphatic heterocycles. The van der Waals surface area contributed by atoms with Gasteiger partial charge >= 0.3 is 5.97 Å². The van der Waals surface area contributed by atoms with E-state index in [1.165, 1.54) is 28.6 Å². The number of ether oxygens (including phenoxy) is 1. The van der Waals surface area contributed by atoms with Crippen LogP contribution in [0.5, 0.6) is 0 Å². The number of nitrogens with one attached hydrogen (secondary N) is 1. The van der Waals surface area contributed by atoms with Crippen molar-refractivity contribution < 1.29 is 22.7 Å². The highest BCUT2D eigenvalue weighted by Crippen LogP contribution is 2.25. The second kappa shape index (κ2) is 9.74. The van der Waals surface area contributed by atoms with E-state index >= 15 is 0 Å². The summed E-state index contributed by atoms with van der Waals surface area (Å²) in [5.74, 6) is -1.33. The van der Waals surface area contributed by atoms with E-state index in [0.29, 0.717) is 23.7 Å². The topological polar surface area (TPSA) is 92.8 Å². The number of nitrogens with zero attached hydrogens (tertiary/aromatic N) is 1. The molecule has 1 amide bonds. The first kappa shape index (κ1) is 23.0. The maximum atomic E-state index is 13.2. The smallest absolute Gasteiger partial charge is 0.338 e. The minimum atomic E-state index is -3.80. The van der Waals surface area contributed by atoms with Crippen molar-refractivity contribution in [2.75, 3.05) is 18.5 Å². The summed E-state index contributed by atoms with van der Waals surface area (Å²) in [6, 6.07) is 19.9. The van der Waals surface area contributed by atoms with Crippen LogP contribution in [0.4, 0.5) is 5.69 Å². The Balaban J connectivity index is 1.41. The lowest BCUT2D eigenvalue weighted by molar-refractivity contribution is -0.119. The van der Waals surface area contributed by atoms with Gasteiger partial charge in [0.1, 0.15) is 0 Å². The van der Waals surface area contributed by atoms with Crippen molar-refractivity contribution in [2.24, 2.45) is 0 Å². The van der Waals surface area contributed by atoms with E-state index in [2.05, 4.69) is 5.32 Å². The van der Waals surface area contributed by atoms with Crippen molar-refractivity contribution in [3.8, 4) is 0 Å². The Bertz CT molecular complexity index is 1310. The van der Waals surface area contributed by atoms with Crippen molar-refractivity contribution in [3.05, 3.63) is 94.5 Å². The van der Waals surface area contributed by atoms with Gasteiger partial charge in [-0.1, -0.05) is 48.0 Å². The average molecular weight is 485 g/mol. The summed E-state index contributed by atoms with van der Waals surface area (Å²) >= 11 is 5.88. The van der Waals surface area contributed by atoms with E-state index in [4.69, 9.17) is 16.3 Å². The van der Waals surface area contributed by atoms with Gasteiger partial charge in [-0.05, 0) is 53.9 Å². The minimum absolute atomic E-state index is 0.000268. The number of hydrogen-bond acceptors (Lipinski definition) is 5. The molecule has 0 radical (unpaired) electrons. The van der Waals surface area contributed by atoms with Gasteiger partial charge in [0.25, 0.3) is 5.91 Å². The Hall–Kier alpha value is -3.20. The lowest BCUT2D eigenvalue weighted by Gasteiger charge is -2.28. The summed E-state index contributed by atoms with van der Waals surface area (Å²) < 4.78 is 32.8. The number of carbonyl (C=O) groups is 2. The lowest BCUT2D eigenvalue weighted by Crippen LogP contribution is -2.36. The molecule has 4 rings (SSSR count). The molecular weight excluding hydrogens is 464 g/mol. The first-order valence-electron chi connectivity index (χ1n) is 10.2. The van der Waals surface area contributed by atoms with Crippen LogP contribution in [0.3, 0.4) is 0 Å². The molecule has 0 bridgehead atoms. The molecule has 0 spiro atoms. The summed E-state index contributed by atoms with van der Waals surface area (Å²) in [7, 11) is -3.80. The number of carbonyl (C=O) groups excluding carboxylic acids is 2. The maximum absolute atomic E-state index is 13.2. The Morgan fingerprint density at radius 1 is 0.970 bits per heavy atom. The van der Waals surface area contributed by atoms with E-state index in [1.807, 2.05) is 24.3 Å². The summed E-state index contributed by atoms with van der Waals surface area (Å²) in [5, 5.41) is 3.03. The third kappa shape index (κ3) is 5.42. The van der Waals surface area contributed by atoms with Crippen molar-refractivity contribution in [3.63, 3.8) is 0 Å². The quantitative estimate of drug-likeness (QED) is 0.536. The fraction of sp³-hybridized carbons (Fsp3) is 0.167. The van der Waals surface area contributed by atoms with Crippen LogP contribution in [0.25, 0.3) is 0 Å². The van der Waals surface area contributed by atoms with E-state index in [1.54, 1.807) is 24.3 Å². The molecule has 7 nitrogen and oxygen atoms in total. The maximum Gasteiger partial charge on any atom is 0.338 e. The highest BCUT2D eigenvalue weighted by atomic mass is 35.5. The zero-order valence-corrected chi connectivity index (χ0v) is 19.1. The van der Waals surface area contributed by atoms with Gasteiger partial charge in [-0.25, -0.2) is 13.2 Å². The molecule has 33 heavy (non-hydrogen) atoms. The second-order valence-corrected chi connectivity index (χ2v) is 9.89. The van der Waals surface area contributed by atoms with Crippen LogP contribution < -0.4 is 5.32 Å². The summed E-state index contributed by atoms with van der Waals surface area (Å²) in [6.45, 7) is 0.111.